The third kappa shape index (κ3) is 3.28. The first-order chi connectivity index (χ1) is 12.7. The average Bonchev–Trinajstić information content (AvgIpc) is 3.16. The zero-order valence-corrected chi connectivity index (χ0v) is 15.2. The van der Waals surface area contributed by atoms with Crippen LogP contribution in [0.3, 0.4) is 0 Å². The number of thioether (sulfide) groups is 1. The minimum Gasteiger partial charge on any atom is -0.351 e. The summed E-state index contributed by atoms with van der Waals surface area (Å²) in [5.41, 5.74) is 4.94. The molecule has 0 bridgehead atoms. The van der Waals surface area contributed by atoms with Gasteiger partial charge in [-0.2, -0.15) is 0 Å². The first kappa shape index (κ1) is 16.6. The molecule has 4 rings (SSSR count). The third-order valence-corrected chi connectivity index (χ3v) is 5.26. The maximum atomic E-state index is 12.3. The molecule has 0 saturated carbocycles. The minimum atomic E-state index is -0.00845. The van der Waals surface area contributed by atoms with Crippen LogP contribution in [-0.2, 0) is 11.3 Å². The van der Waals surface area contributed by atoms with Gasteiger partial charge in [0.05, 0.1) is 16.8 Å². The fourth-order valence-corrected chi connectivity index (χ4v) is 3.71. The summed E-state index contributed by atoms with van der Waals surface area (Å²) >= 11 is 1.43. The first-order valence-electron chi connectivity index (χ1n) is 8.38. The number of carbonyl (C=O) groups excluding carboxylic acids is 1. The Labute approximate surface area is 155 Å². The van der Waals surface area contributed by atoms with Crippen LogP contribution >= 0.6 is 11.8 Å². The topological polar surface area (TPSA) is 59.3 Å². The van der Waals surface area contributed by atoms with Gasteiger partial charge in [-0.1, -0.05) is 36.0 Å². The number of carbonyl (C=O) groups is 1. The van der Waals surface area contributed by atoms with Crippen molar-refractivity contribution < 1.29 is 4.79 Å². The highest BCUT2D eigenvalue weighted by molar-refractivity contribution is 8.00. The van der Waals surface area contributed by atoms with E-state index in [4.69, 9.17) is 0 Å². The standard InChI is InChI=1S/C20H18N4OS/c1-14-6-2-3-7-15(14)12-22-18(25)13-26-20-17-9-5-11-24(17)16-8-4-10-21-19(16)23-20/h2-11H,12-13H2,1H3,(H,22,25). The van der Waals surface area contributed by atoms with Crippen LogP contribution in [0.2, 0.25) is 0 Å². The van der Waals surface area contributed by atoms with Crippen molar-refractivity contribution >= 4 is 34.3 Å². The summed E-state index contributed by atoms with van der Waals surface area (Å²) in [7, 11) is 0. The summed E-state index contributed by atoms with van der Waals surface area (Å²) in [6.07, 6.45) is 3.72. The van der Waals surface area contributed by atoms with Crippen molar-refractivity contribution in [1.29, 1.82) is 0 Å². The van der Waals surface area contributed by atoms with Crippen molar-refractivity contribution in [3.63, 3.8) is 0 Å². The van der Waals surface area contributed by atoms with Crippen LogP contribution in [0.15, 0.2) is 66.0 Å². The molecule has 1 aromatic carbocycles. The summed E-state index contributed by atoms with van der Waals surface area (Å²) in [5, 5.41) is 3.79. The Hall–Kier alpha value is -2.86. The van der Waals surface area contributed by atoms with E-state index in [2.05, 4.69) is 19.7 Å². The second-order valence-electron chi connectivity index (χ2n) is 6.02. The Bertz CT molecular complexity index is 1090. The zero-order chi connectivity index (χ0) is 17.9. The number of nitrogens with one attached hydrogen (secondary N) is 1. The molecule has 26 heavy (non-hydrogen) atoms. The Kier molecular flexibility index (Phi) is 4.58. The first-order valence-corrected chi connectivity index (χ1v) is 9.37. The molecule has 4 aromatic rings. The quantitative estimate of drug-likeness (QED) is 0.551. The molecule has 6 heteroatoms. The van der Waals surface area contributed by atoms with Crippen LogP contribution in [0, 0.1) is 6.92 Å². The molecule has 1 N–H and O–H groups in total. The van der Waals surface area contributed by atoms with E-state index in [1.807, 2.05) is 61.7 Å². The van der Waals surface area contributed by atoms with E-state index in [9.17, 15) is 4.79 Å². The lowest BCUT2D eigenvalue weighted by Crippen LogP contribution is -2.25. The van der Waals surface area contributed by atoms with Crippen molar-refractivity contribution in [3.05, 3.63) is 72.1 Å². The number of aryl methyl sites for hydroxylation is 1. The average molecular weight is 362 g/mol. The smallest absolute Gasteiger partial charge is 0.230 e. The molecule has 3 aromatic heterocycles. The van der Waals surface area contributed by atoms with E-state index in [0.29, 0.717) is 17.9 Å². The third-order valence-electron chi connectivity index (χ3n) is 4.28. The molecular weight excluding hydrogens is 344 g/mol. The molecule has 0 unspecified atom stereocenters. The lowest BCUT2D eigenvalue weighted by molar-refractivity contribution is -0.118. The number of aromatic nitrogens is 3. The molecule has 1 amide bonds. The van der Waals surface area contributed by atoms with Crippen LogP contribution in [0.5, 0.6) is 0 Å². The Morgan fingerprint density at radius 3 is 2.85 bits per heavy atom. The monoisotopic (exact) mass is 362 g/mol. The van der Waals surface area contributed by atoms with Crippen LogP contribution in [-0.4, -0.2) is 26.0 Å². The maximum Gasteiger partial charge on any atom is 0.230 e. The number of fused-ring (bicyclic) bond motifs is 3. The van der Waals surface area contributed by atoms with Gasteiger partial charge in [0.1, 0.15) is 5.03 Å². The Balaban J connectivity index is 1.48. The number of hydrogen-bond donors (Lipinski definition) is 1. The second-order valence-corrected chi connectivity index (χ2v) is 6.98. The van der Waals surface area contributed by atoms with Gasteiger partial charge in [-0.25, -0.2) is 9.97 Å². The molecule has 0 saturated heterocycles. The van der Waals surface area contributed by atoms with E-state index < -0.39 is 0 Å². The highest BCUT2D eigenvalue weighted by Crippen LogP contribution is 2.25. The largest absolute Gasteiger partial charge is 0.351 e. The Morgan fingerprint density at radius 2 is 1.96 bits per heavy atom. The van der Waals surface area contributed by atoms with E-state index in [-0.39, 0.29) is 5.91 Å². The minimum absolute atomic E-state index is 0.00845. The van der Waals surface area contributed by atoms with Gasteiger partial charge in [0.15, 0.2) is 5.65 Å². The number of amides is 1. The van der Waals surface area contributed by atoms with Gasteiger partial charge in [-0.05, 0) is 42.3 Å². The summed E-state index contributed by atoms with van der Waals surface area (Å²) in [6.45, 7) is 2.59. The fourth-order valence-electron chi connectivity index (χ4n) is 2.87. The van der Waals surface area contributed by atoms with Gasteiger partial charge >= 0.3 is 0 Å². The summed E-state index contributed by atoms with van der Waals surface area (Å²) < 4.78 is 2.06. The van der Waals surface area contributed by atoms with Gasteiger partial charge in [-0.15, -0.1) is 0 Å². The molecule has 0 aliphatic rings. The molecule has 0 atom stereocenters. The van der Waals surface area contributed by atoms with Crippen LogP contribution in [0.25, 0.3) is 16.7 Å². The molecular formula is C20H18N4OS. The summed E-state index contributed by atoms with van der Waals surface area (Å²) in [5.74, 6) is 0.309. The van der Waals surface area contributed by atoms with Crippen molar-refractivity contribution in [2.45, 2.75) is 18.5 Å². The van der Waals surface area contributed by atoms with E-state index in [1.165, 1.54) is 17.3 Å². The van der Waals surface area contributed by atoms with Crippen LogP contribution in [0.1, 0.15) is 11.1 Å². The van der Waals surface area contributed by atoms with Crippen molar-refractivity contribution in [3.8, 4) is 0 Å². The molecule has 0 spiro atoms. The number of pyridine rings is 1. The van der Waals surface area contributed by atoms with Gasteiger partial charge in [0, 0.05) is 18.9 Å². The highest BCUT2D eigenvalue weighted by Gasteiger charge is 2.11. The fraction of sp³-hybridized carbons (Fsp3) is 0.150. The molecule has 0 radical (unpaired) electrons. The van der Waals surface area contributed by atoms with Gasteiger partial charge in [0.2, 0.25) is 5.91 Å². The maximum absolute atomic E-state index is 12.3. The van der Waals surface area contributed by atoms with Crippen LogP contribution < -0.4 is 5.32 Å². The highest BCUT2D eigenvalue weighted by atomic mass is 32.2. The SMILES string of the molecule is Cc1ccccc1CNC(=O)CSc1nc2ncccc2n2cccc12. The number of nitrogens with zero attached hydrogens (tertiary/aromatic N) is 3. The predicted octanol–water partition coefficient (Wildman–Crippen LogP) is 3.60. The normalized spacial score (nSPS) is 11.1. The van der Waals surface area contributed by atoms with Gasteiger partial charge < -0.3 is 9.72 Å². The van der Waals surface area contributed by atoms with Crippen LogP contribution in [0.4, 0.5) is 0 Å². The summed E-state index contributed by atoms with van der Waals surface area (Å²) in [4.78, 5) is 21.2. The zero-order valence-electron chi connectivity index (χ0n) is 14.3. The molecule has 0 fully saturated rings. The lowest BCUT2D eigenvalue weighted by atomic mass is 10.1. The number of hydrogen-bond acceptors (Lipinski definition) is 4. The molecule has 0 aliphatic heterocycles. The van der Waals surface area contributed by atoms with E-state index in [0.717, 1.165) is 21.6 Å². The lowest BCUT2D eigenvalue weighted by Gasteiger charge is -2.09. The number of rotatable bonds is 5. The number of benzene rings is 1. The predicted molar refractivity (Wildman–Crippen MR) is 104 cm³/mol. The van der Waals surface area contributed by atoms with E-state index in [1.54, 1.807) is 6.20 Å². The van der Waals surface area contributed by atoms with Gasteiger partial charge in [-0.3, -0.25) is 4.79 Å². The molecule has 0 aliphatic carbocycles. The summed E-state index contributed by atoms with van der Waals surface area (Å²) in [6, 6.07) is 15.9. The van der Waals surface area contributed by atoms with Crippen molar-refractivity contribution in [1.82, 2.24) is 19.7 Å². The second kappa shape index (κ2) is 7.17. The van der Waals surface area contributed by atoms with Gasteiger partial charge in [0.25, 0.3) is 0 Å². The Morgan fingerprint density at radius 1 is 1.12 bits per heavy atom. The van der Waals surface area contributed by atoms with Crippen molar-refractivity contribution in [2.75, 3.05) is 5.75 Å². The molecule has 5 nitrogen and oxygen atoms in total. The molecule has 130 valence electrons. The van der Waals surface area contributed by atoms with Crippen molar-refractivity contribution in [2.24, 2.45) is 0 Å². The van der Waals surface area contributed by atoms with E-state index >= 15 is 0 Å². The molecule has 3 heterocycles.